The number of nitrogens with zero attached hydrogens (tertiary/aromatic N) is 3. The molecular formula is C23H29N3O. The van der Waals surface area contributed by atoms with E-state index in [2.05, 4.69) is 56.2 Å². The molecule has 1 aromatic heterocycles. The monoisotopic (exact) mass is 363 g/mol. The van der Waals surface area contributed by atoms with Gasteiger partial charge in [-0.1, -0.05) is 50.2 Å². The summed E-state index contributed by atoms with van der Waals surface area (Å²) in [6.45, 7) is 9.91. The van der Waals surface area contributed by atoms with E-state index in [-0.39, 0.29) is 5.91 Å². The highest BCUT2D eigenvalue weighted by Crippen LogP contribution is 2.19. The van der Waals surface area contributed by atoms with Gasteiger partial charge in [0.15, 0.2) is 0 Å². The SMILES string of the molecule is Cc1nn(CC(C)C)c(C)c1CC(=O)N(C)Cc1ccc2ccccc2c1. The van der Waals surface area contributed by atoms with Crippen LogP contribution >= 0.6 is 0 Å². The lowest BCUT2D eigenvalue weighted by atomic mass is 10.1. The second-order valence-electron chi connectivity index (χ2n) is 7.83. The molecule has 0 saturated carbocycles. The number of rotatable bonds is 6. The fourth-order valence-corrected chi connectivity index (χ4v) is 3.50. The molecule has 0 aliphatic rings. The van der Waals surface area contributed by atoms with Crippen molar-refractivity contribution < 1.29 is 4.79 Å². The molecule has 0 saturated heterocycles. The standard InChI is InChI=1S/C23H29N3O/c1-16(2)14-26-18(4)22(17(3)24-26)13-23(27)25(5)15-19-10-11-20-8-6-7-9-21(20)12-19/h6-12,16H,13-15H2,1-5H3. The molecule has 27 heavy (non-hydrogen) atoms. The first kappa shape index (κ1) is 19.2. The van der Waals surface area contributed by atoms with Crippen LogP contribution in [0, 0.1) is 19.8 Å². The van der Waals surface area contributed by atoms with Crippen molar-refractivity contribution in [1.29, 1.82) is 0 Å². The van der Waals surface area contributed by atoms with Gasteiger partial charge in [-0.05, 0) is 42.2 Å². The minimum atomic E-state index is 0.124. The van der Waals surface area contributed by atoms with E-state index in [1.807, 2.05) is 35.7 Å². The minimum absolute atomic E-state index is 0.124. The Morgan fingerprint density at radius 1 is 1.11 bits per heavy atom. The van der Waals surface area contributed by atoms with Crippen LogP contribution in [0.4, 0.5) is 0 Å². The Balaban J connectivity index is 1.71. The van der Waals surface area contributed by atoms with Crippen molar-refractivity contribution in [2.24, 2.45) is 5.92 Å². The number of fused-ring (bicyclic) bond motifs is 1. The van der Waals surface area contributed by atoms with Gasteiger partial charge in [0.05, 0.1) is 12.1 Å². The summed E-state index contributed by atoms with van der Waals surface area (Å²) in [7, 11) is 1.88. The largest absolute Gasteiger partial charge is 0.341 e. The Morgan fingerprint density at radius 3 is 2.52 bits per heavy atom. The van der Waals surface area contributed by atoms with Crippen LogP contribution in [0.15, 0.2) is 42.5 Å². The highest BCUT2D eigenvalue weighted by molar-refractivity contribution is 5.83. The summed E-state index contributed by atoms with van der Waals surface area (Å²) in [5.41, 5.74) is 4.27. The third-order valence-corrected chi connectivity index (χ3v) is 5.06. The predicted octanol–water partition coefficient (Wildman–Crippen LogP) is 4.51. The number of benzene rings is 2. The van der Waals surface area contributed by atoms with Gasteiger partial charge < -0.3 is 4.90 Å². The number of amides is 1. The topological polar surface area (TPSA) is 38.1 Å². The fraction of sp³-hybridized carbons (Fsp3) is 0.391. The number of aromatic nitrogens is 2. The van der Waals surface area contributed by atoms with Gasteiger partial charge in [-0.2, -0.15) is 5.10 Å². The number of carbonyl (C=O) groups is 1. The lowest BCUT2D eigenvalue weighted by Gasteiger charge is -2.18. The number of aryl methyl sites for hydroxylation is 1. The lowest BCUT2D eigenvalue weighted by molar-refractivity contribution is -0.129. The van der Waals surface area contributed by atoms with E-state index in [1.54, 1.807) is 0 Å². The second-order valence-corrected chi connectivity index (χ2v) is 7.83. The summed E-state index contributed by atoms with van der Waals surface area (Å²) in [6, 6.07) is 14.7. The molecule has 0 bridgehead atoms. The van der Waals surface area contributed by atoms with Crippen LogP contribution in [0.1, 0.15) is 36.4 Å². The molecule has 1 heterocycles. The Morgan fingerprint density at radius 2 is 1.81 bits per heavy atom. The summed E-state index contributed by atoms with van der Waals surface area (Å²) in [6.07, 6.45) is 0.403. The number of hydrogen-bond acceptors (Lipinski definition) is 2. The van der Waals surface area contributed by atoms with E-state index in [1.165, 1.54) is 10.8 Å². The zero-order valence-electron chi connectivity index (χ0n) is 17.0. The third kappa shape index (κ3) is 4.38. The number of hydrogen-bond donors (Lipinski definition) is 0. The highest BCUT2D eigenvalue weighted by Gasteiger charge is 2.18. The van der Waals surface area contributed by atoms with Crippen LogP contribution in [0.3, 0.4) is 0 Å². The first-order valence-electron chi connectivity index (χ1n) is 9.59. The van der Waals surface area contributed by atoms with Crippen LogP contribution in [-0.4, -0.2) is 27.6 Å². The van der Waals surface area contributed by atoms with E-state index in [4.69, 9.17) is 0 Å². The van der Waals surface area contributed by atoms with Gasteiger partial charge in [0.25, 0.3) is 0 Å². The molecule has 0 aliphatic heterocycles. The van der Waals surface area contributed by atoms with Gasteiger partial charge in [-0.15, -0.1) is 0 Å². The third-order valence-electron chi connectivity index (χ3n) is 5.06. The molecule has 0 fully saturated rings. The lowest BCUT2D eigenvalue weighted by Crippen LogP contribution is -2.28. The van der Waals surface area contributed by atoms with Crippen LogP contribution < -0.4 is 0 Å². The molecule has 0 atom stereocenters. The summed E-state index contributed by atoms with van der Waals surface area (Å²) in [5.74, 6) is 0.653. The van der Waals surface area contributed by atoms with Crippen molar-refractivity contribution in [2.75, 3.05) is 7.05 Å². The molecule has 2 aromatic carbocycles. The molecule has 4 nitrogen and oxygen atoms in total. The maximum Gasteiger partial charge on any atom is 0.227 e. The summed E-state index contributed by atoms with van der Waals surface area (Å²) in [5, 5.41) is 7.05. The van der Waals surface area contributed by atoms with Crippen molar-refractivity contribution >= 4 is 16.7 Å². The summed E-state index contributed by atoms with van der Waals surface area (Å²) in [4.78, 5) is 14.6. The van der Waals surface area contributed by atoms with Crippen molar-refractivity contribution in [2.45, 2.75) is 47.2 Å². The maximum absolute atomic E-state index is 12.8. The normalized spacial score (nSPS) is 11.3. The molecular weight excluding hydrogens is 334 g/mol. The van der Waals surface area contributed by atoms with Crippen molar-refractivity contribution in [3.8, 4) is 0 Å². The average Bonchev–Trinajstić information content (AvgIpc) is 2.88. The minimum Gasteiger partial charge on any atom is -0.341 e. The van der Waals surface area contributed by atoms with Crippen LogP contribution in [0.2, 0.25) is 0 Å². The molecule has 3 aromatic rings. The second kappa shape index (κ2) is 7.95. The number of carbonyl (C=O) groups excluding carboxylic acids is 1. The Kier molecular flexibility index (Phi) is 5.64. The van der Waals surface area contributed by atoms with Crippen molar-refractivity contribution in [3.05, 3.63) is 65.0 Å². The molecule has 142 valence electrons. The smallest absolute Gasteiger partial charge is 0.227 e. The van der Waals surface area contributed by atoms with Crippen molar-refractivity contribution in [1.82, 2.24) is 14.7 Å². The van der Waals surface area contributed by atoms with Crippen LogP contribution in [0.5, 0.6) is 0 Å². The Bertz CT molecular complexity index is 955. The van der Waals surface area contributed by atoms with Gasteiger partial charge in [-0.25, -0.2) is 0 Å². The van der Waals surface area contributed by atoms with E-state index in [0.717, 1.165) is 29.1 Å². The average molecular weight is 364 g/mol. The van der Waals surface area contributed by atoms with Crippen LogP contribution in [0.25, 0.3) is 10.8 Å². The molecule has 4 heteroatoms. The Labute approximate surface area is 161 Å². The van der Waals surface area contributed by atoms with E-state index >= 15 is 0 Å². The molecule has 0 aliphatic carbocycles. The first-order chi connectivity index (χ1) is 12.8. The molecule has 0 radical (unpaired) electrons. The molecule has 0 spiro atoms. The van der Waals surface area contributed by atoms with Gasteiger partial charge in [-0.3, -0.25) is 9.48 Å². The van der Waals surface area contributed by atoms with Crippen LogP contribution in [-0.2, 0) is 24.3 Å². The number of likely N-dealkylation sites (N-methyl/N-ethyl adjacent to an activating group) is 1. The molecule has 0 unspecified atom stereocenters. The van der Waals surface area contributed by atoms with E-state index in [9.17, 15) is 4.79 Å². The highest BCUT2D eigenvalue weighted by atomic mass is 16.2. The molecule has 3 rings (SSSR count). The maximum atomic E-state index is 12.8. The van der Waals surface area contributed by atoms with E-state index in [0.29, 0.717) is 18.9 Å². The molecule has 0 N–H and O–H groups in total. The fourth-order valence-electron chi connectivity index (χ4n) is 3.50. The quantitative estimate of drug-likeness (QED) is 0.646. The first-order valence-corrected chi connectivity index (χ1v) is 9.59. The van der Waals surface area contributed by atoms with Crippen molar-refractivity contribution in [3.63, 3.8) is 0 Å². The van der Waals surface area contributed by atoms with Gasteiger partial charge in [0.1, 0.15) is 0 Å². The predicted molar refractivity (Wildman–Crippen MR) is 111 cm³/mol. The van der Waals surface area contributed by atoms with Gasteiger partial charge in [0.2, 0.25) is 5.91 Å². The van der Waals surface area contributed by atoms with Gasteiger partial charge >= 0.3 is 0 Å². The summed E-state index contributed by atoms with van der Waals surface area (Å²) < 4.78 is 2.03. The van der Waals surface area contributed by atoms with E-state index < -0.39 is 0 Å². The Hall–Kier alpha value is -2.62. The van der Waals surface area contributed by atoms with Gasteiger partial charge in [0, 0.05) is 31.4 Å². The zero-order valence-corrected chi connectivity index (χ0v) is 17.0. The summed E-state index contributed by atoms with van der Waals surface area (Å²) >= 11 is 0. The molecule has 1 amide bonds. The zero-order chi connectivity index (χ0) is 19.6.